The average Bonchev–Trinajstić information content (AvgIpc) is 1.76. The first-order valence-electron chi connectivity index (χ1n) is 2.45. The summed E-state index contributed by atoms with van der Waals surface area (Å²) in [6, 6.07) is 0. The standard InChI is InChI=1S/Bi.12O.4Ti.V/q+3;;;;;8*-1;;;;;. The molecule has 18 heteroatoms. The second-order valence-corrected chi connectivity index (χ2v) is 4.12. The fourth-order valence-corrected chi connectivity index (χ4v) is 0. The normalized spacial score (nSPS) is 5.78. The van der Waals surface area contributed by atoms with Gasteiger partial charge in [0.1, 0.15) is 0 Å². The molecule has 0 saturated carbocycles. The Balaban J connectivity index is -0.0000000257. The van der Waals surface area contributed by atoms with Crippen molar-refractivity contribution in [3.05, 3.63) is 0 Å². The summed E-state index contributed by atoms with van der Waals surface area (Å²) in [5.74, 6) is 0. The Kier molecular flexibility index (Phi) is 67.1. The fourth-order valence-electron chi connectivity index (χ4n) is 0. The molecule has 0 aromatic rings. The molecule has 3 radical (unpaired) electrons. The summed E-state index contributed by atoms with van der Waals surface area (Å²) in [7, 11) is 0. The Hall–Kier alpha value is 3.20. The quantitative estimate of drug-likeness (QED) is 0.223. The van der Waals surface area contributed by atoms with E-state index in [4.69, 9.17) is 42.8 Å². The van der Waals surface area contributed by atoms with E-state index in [-0.39, 0.29) is 44.8 Å². The van der Waals surface area contributed by atoms with E-state index in [1.165, 1.54) is 0 Å². The van der Waals surface area contributed by atoms with Gasteiger partial charge in [-0.3, -0.25) is 0 Å². The molecule has 0 heterocycles. The average molecular weight is 643 g/mol. The van der Waals surface area contributed by atoms with E-state index in [0.717, 1.165) is 0 Å². The summed E-state index contributed by atoms with van der Waals surface area (Å²) in [6.07, 6.45) is 0. The van der Waals surface area contributed by atoms with Crippen molar-refractivity contribution in [1.29, 1.82) is 0 Å². The van der Waals surface area contributed by atoms with Crippen molar-refractivity contribution >= 4 is 26.2 Å². The van der Waals surface area contributed by atoms with Gasteiger partial charge in [-0.05, 0) is 0 Å². The smallest absolute Gasteiger partial charge is 0 e. The Morgan fingerprint density at radius 1 is 0.444 bits per heavy atom. The second-order valence-electron chi connectivity index (χ2n) is 1.00. The van der Waals surface area contributed by atoms with Crippen molar-refractivity contribution < 1.29 is 136 Å². The fraction of sp³-hybridized carbons (Fsp3) is 0. The number of hydrogen-bond acceptors (Lipinski definition) is 12. The van der Waals surface area contributed by atoms with Gasteiger partial charge in [-0.15, -0.1) is 0 Å². The summed E-state index contributed by atoms with van der Waals surface area (Å²) >= 11 is -16.3. The molecule has 0 aliphatic carbocycles. The number of rotatable bonds is 0. The van der Waals surface area contributed by atoms with Crippen LogP contribution in [0.15, 0.2) is 0 Å². The van der Waals surface area contributed by atoms with Crippen molar-refractivity contribution in [2.45, 2.75) is 0 Å². The molecule has 103 valence electrons. The molecule has 0 rings (SSSR count). The van der Waals surface area contributed by atoms with Crippen molar-refractivity contribution in [2.75, 3.05) is 0 Å². The topological polar surface area (TPSA) is 253 Å². The molecule has 0 aromatic heterocycles. The summed E-state index contributed by atoms with van der Waals surface area (Å²) < 4.78 is 103. The first-order chi connectivity index (χ1) is 6.93. The van der Waals surface area contributed by atoms with E-state index < -0.39 is 74.5 Å². The molecule has 0 amide bonds. The van der Waals surface area contributed by atoms with E-state index in [9.17, 15) is 0 Å². The zero-order valence-corrected chi connectivity index (χ0v) is 18.9. The van der Waals surface area contributed by atoms with Crippen molar-refractivity contribution in [3.8, 4) is 0 Å². The predicted molar refractivity (Wildman–Crippen MR) is 8.50 cm³/mol. The Bertz CT molecular complexity index is 164. The largest absolute Gasteiger partial charge is 0 e. The van der Waals surface area contributed by atoms with E-state index in [1.54, 1.807) is 0 Å². The zero-order valence-electron chi connectivity index (χ0n) is 7.79. The van der Waals surface area contributed by atoms with E-state index in [0.29, 0.717) is 0 Å². The first kappa shape index (κ1) is 37.4. The summed E-state index contributed by atoms with van der Waals surface area (Å²) in [5, 5.41) is 0. The van der Waals surface area contributed by atoms with Gasteiger partial charge in [0.05, 0.1) is 0 Å². The molecule has 12 nitrogen and oxygen atoms in total. The molecule has 0 atom stereocenters. The van der Waals surface area contributed by atoms with Gasteiger partial charge in [0.2, 0.25) is 0 Å². The SMILES string of the molecule is [Bi+3].[O]=[Ti]([O-])[O-].[O]=[Ti]([O-])[O-].[O]=[Ti]([O-])[O-].[O]=[Ti]([O-])[O-].[V]. The van der Waals surface area contributed by atoms with Crippen LogP contribution in [0.25, 0.3) is 0 Å². The molecule has 0 unspecified atom stereocenters. The molecule has 0 bridgehead atoms. The van der Waals surface area contributed by atoms with Gasteiger partial charge >= 0.3 is 143 Å². The molecule has 18 heavy (non-hydrogen) atoms. The van der Waals surface area contributed by atoms with Gasteiger partial charge in [-0.1, -0.05) is 0 Å². The van der Waals surface area contributed by atoms with Crippen LogP contribution in [-0.4, -0.2) is 26.2 Å². The molecule has 0 saturated heterocycles. The minimum Gasteiger partial charge on any atom is 0 e. The summed E-state index contributed by atoms with van der Waals surface area (Å²) in [4.78, 5) is 0. The van der Waals surface area contributed by atoms with Crippen molar-refractivity contribution in [3.63, 3.8) is 0 Å². The van der Waals surface area contributed by atoms with Crippen LogP contribution in [0.3, 0.4) is 0 Å². The van der Waals surface area contributed by atoms with Crippen LogP contribution in [0, 0.1) is 0 Å². The first-order valence-corrected chi connectivity index (χ1v) is 10.1. The third kappa shape index (κ3) is 620. The van der Waals surface area contributed by atoms with Crippen molar-refractivity contribution in [1.82, 2.24) is 0 Å². The van der Waals surface area contributed by atoms with Gasteiger partial charge in [0.25, 0.3) is 0 Å². The minimum atomic E-state index is -4.08. The number of hydrogen-bond donors (Lipinski definition) is 0. The molecule has 0 aliphatic rings. The van der Waals surface area contributed by atoms with Gasteiger partial charge < -0.3 is 0 Å². The molecule has 0 fully saturated rings. The van der Waals surface area contributed by atoms with Gasteiger partial charge in [0, 0.05) is 18.6 Å². The maximum absolute atomic E-state index is 8.58. The Morgan fingerprint density at radius 3 is 0.444 bits per heavy atom. The second kappa shape index (κ2) is 32.2. The van der Waals surface area contributed by atoms with Crippen molar-refractivity contribution in [2.24, 2.45) is 0 Å². The Labute approximate surface area is 159 Å². The van der Waals surface area contributed by atoms with E-state index in [2.05, 4.69) is 0 Å². The van der Waals surface area contributed by atoms with Crippen LogP contribution in [0.4, 0.5) is 0 Å². The predicted octanol–water partition coefficient (Wildman–Crippen LogP) is -10.4. The van der Waals surface area contributed by atoms with E-state index in [1.807, 2.05) is 0 Å². The zero-order chi connectivity index (χ0) is 14.3. The van der Waals surface area contributed by atoms with E-state index >= 15 is 0 Å². The molecule has 0 aliphatic heterocycles. The monoisotopic (exact) mass is 644 g/mol. The molecule has 0 N–H and O–H groups in total. The molecular formula is BiO12Ti4V-5. The van der Waals surface area contributed by atoms with Crippen LogP contribution >= 0.6 is 0 Å². The van der Waals surface area contributed by atoms with Gasteiger partial charge in [-0.25, -0.2) is 0 Å². The minimum absolute atomic E-state index is 0. The van der Waals surface area contributed by atoms with Gasteiger partial charge in [0.15, 0.2) is 0 Å². The molecule has 0 aromatic carbocycles. The van der Waals surface area contributed by atoms with Crippen LogP contribution in [0.1, 0.15) is 0 Å². The van der Waals surface area contributed by atoms with Gasteiger partial charge in [-0.2, -0.15) is 0 Å². The maximum atomic E-state index is 8.58. The Morgan fingerprint density at radius 2 is 0.444 bits per heavy atom. The molecule has 0 spiro atoms. The van der Waals surface area contributed by atoms with Crippen LogP contribution in [0.5, 0.6) is 0 Å². The summed E-state index contributed by atoms with van der Waals surface area (Å²) in [5.41, 5.74) is 0. The third-order valence-corrected chi connectivity index (χ3v) is 0. The third-order valence-electron chi connectivity index (χ3n) is 0. The molecular weight excluding hydrogens is 643 g/mol. The van der Waals surface area contributed by atoms with Crippen LogP contribution in [-0.2, 0) is 106 Å². The van der Waals surface area contributed by atoms with Crippen LogP contribution < -0.4 is 29.5 Å². The van der Waals surface area contributed by atoms with Crippen LogP contribution in [0.2, 0.25) is 0 Å². The summed E-state index contributed by atoms with van der Waals surface area (Å²) in [6.45, 7) is 0. The maximum Gasteiger partial charge on any atom is 0 e.